The summed E-state index contributed by atoms with van der Waals surface area (Å²) in [6, 6.07) is 16.2. The smallest absolute Gasteiger partial charge is 0.550 e. The number of aryl methyl sites for hydroxylation is 2. The summed E-state index contributed by atoms with van der Waals surface area (Å²) in [6.45, 7) is 8.89. The Morgan fingerprint density at radius 1 is 0.951 bits per heavy atom. The molecule has 1 atom stereocenters. The van der Waals surface area contributed by atoms with E-state index in [1.807, 2.05) is 18.2 Å². The molecule has 3 aromatic rings. The van der Waals surface area contributed by atoms with Gasteiger partial charge in [-0.3, -0.25) is 0 Å². The predicted octanol–water partition coefficient (Wildman–Crippen LogP) is 2.05. The van der Waals surface area contributed by atoms with E-state index in [0.717, 1.165) is 52.2 Å². The van der Waals surface area contributed by atoms with Gasteiger partial charge in [-0.05, 0) is 91.6 Å². The maximum Gasteiger partial charge on any atom is 1.00 e. The molecule has 1 fully saturated rings. The average molecular weight is 569 g/mol. The van der Waals surface area contributed by atoms with Crippen LogP contribution in [0.1, 0.15) is 53.0 Å². The molecule has 2 aliphatic rings. The number of aliphatic carboxylic acids is 1. The molecule has 0 aromatic heterocycles. The number of carboxylic acid groups (broad SMARTS) is 1. The van der Waals surface area contributed by atoms with Gasteiger partial charge >= 0.3 is 29.6 Å². The summed E-state index contributed by atoms with van der Waals surface area (Å²) in [5, 5.41) is 11.3. The summed E-state index contributed by atoms with van der Waals surface area (Å²) < 4.78 is 28.8. The van der Waals surface area contributed by atoms with E-state index < -0.39 is 5.97 Å². The first-order valence-electron chi connectivity index (χ1n) is 13.9. The number of carbonyl (C=O) groups is 1. The Morgan fingerprint density at radius 3 is 2.37 bits per heavy atom. The number of carboxylic acids is 1. The van der Waals surface area contributed by atoms with E-state index >= 15 is 0 Å². The van der Waals surface area contributed by atoms with Crippen LogP contribution >= 0.6 is 0 Å². The molecule has 1 heterocycles. The van der Waals surface area contributed by atoms with Gasteiger partial charge < -0.3 is 33.6 Å². The van der Waals surface area contributed by atoms with Gasteiger partial charge in [0, 0.05) is 30.6 Å². The van der Waals surface area contributed by atoms with Crippen LogP contribution in [0.5, 0.6) is 17.2 Å². The first kappa shape index (κ1) is 31.4. The van der Waals surface area contributed by atoms with Gasteiger partial charge in [-0.1, -0.05) is 24.3 Å². The zero-order valence-corrected chi connectivity index (χ0v) is 26.7. The van der Waals surface area contributed by atoms with Gasteiger partial charge in [-0.15, -0.1) is 0 Å². The number of methoxy groups -OCH3 is 1. The molecule has 7 nitrogen and oxygen atoms in total. The minimum Gasteiger partial charge on any atom is -0.550 e. The Hall–Kier alpha value is -2.55. The normalized spacial score (nSPS) is 16.0. The Balaban J connectivity index is 0.00000387. The van der Waals surface area contributed by atoms with Crippen LogP contribution in [0.15, 0.2) is 48.5 Å². The summed E-state index contributed by atoms with van der Waals surface area (Å²) in [4.78, 5) is 11.3. The summed E-state index contributed by atoms with van der Waals surface area (Å²) in [5.74, 6) is 1.06. The van der Waals surface area contributed by atoms with Crippen LogP contribution in [0.25, 0.3) is 11.1 Å². The van der Waals surface area contributed by atoms with Crippen LogP contribution in [-0.4, -0.2) is 45.1 Å². The van der Waals surface area contributed by atoms with E-state index in [4.69, 9.17) is 23.7 Å². The molecule has 5 rings (SSSR count). The third kappa shape index (κ3) is 7.09. The molecule has 0 N–H and O–H groups in total. The van der Waals surface area contributed by atoms with Crippen LogP contribution in [-0.2, 0) is 20.9 Å². The fourth-order valence-corrected chi connectivity index (χ4v) is 5.76. The number of ether oxygens (including phenoxy) is 5. The van der Waals surface area contributed by atoms with Crippen molar-refractivity contribution in [1.82, 2.24) is 0 Å². The number of hydrogen-bond donors (Lipinski definition) is 0. The van der Waals surface area contributed by atoms with Gasteiger partial charge in [0.1, 0.15) is 36.1 Å². The molecule has 0 amide bonds. The molecule has 0 saturated heterocycles. The van der Waals surface area contributed by atoms with Crippen molar-refractivity contribution in [3.8, 4) is 28.4 Å². The molecular formula is C33H37NaO7. The first-order chi connectivity index (χ1) is 19.3. The molecule has 1 aliphatic carbocycles. The Labute approximate surface area is 264 Å². The minimum absolute atomic E-state index is 0. The molecule has 3 aromatic carbocycles. The summed E-state index contributed by atoms with van der Waals surface area (Å²) in [6.07, 6.45) is 1.72. The Bertz CT molecular complexity index is 1360. The van der Waals surface area contributed by atoms with E-state index in [9.17, 15) is 9.90 Å². The first-order valence-corrected chi connectivity index (χ1v) is 13.9. The van der Waals surface area contributed by atoms with Crippen LogP contribution < -0.4 is 48.9 Å². The maximum absolute atomic E-state index is 11.3. The largest absolute Gasteiger partial charge is 1.00 e. The standard InChI is InChI=1S/C33H38O7.Na/c1-21-16-26(38-15-14-37-13-12-36-4)17-22(2)32(21)27-7-5-6-24(23(27)3)20-39-25-8-9-28-29(19-31(34)35)33(10-11-33)40-30(28)18-25;/h5-9,16-18,29H,10-15,19-20H2,1-4H3,(H,34,35);/q;+1/p-1. The van der Waals surface area contributed by atoms with Gasteiger partial charge in [0.15, 0.2) is 0 Å². The Kier molecular flexibility index (Phi) is 10.4. The number of hydrogen-bond acceptors (Lipinski definition) is 7. The van der Waals surface area contributed by atoms with Crippen LogP contribution in [0.2, 0.25) is 0 Å². The second-order valence-corrected chi connectivity index (χ2v) is 10.8. The van der Waals surface area contributed by atoms with Gasteiger partial charge in [0.2, 0.25) is 0 Å². The molecule has 212 valence electrons. The zero-order chi connectivity index (χ0) is 28.3. The topological polar surface area (TPSA) is 86.3 Å². The van der Waals surface area contributed by atoms with Crippen molar-refractivity contribution in [3.05, 3.63) is 76.3 Å². The molecule has 0 bridgehead atoms. The van der Waals surface area contributed by atoms with Crippen molar-refractivity contribution in [2.75, 3.05) is 33.5 Å². The van der Waals surface area contributed by atoms with Crippen LogP contribution in [0.3, 0.4) is 0 Å². The van der Waals surface area contributed by atoms with Gasteiger partial charge in [0.05, 0.1) is 19.8 Å². The van der Waals surface area contributed by atoms with Crippen molar-refractivity contribution < 1.29 is 63.1 Å². The van der Waals surface area contributed by atoms with Crippen molar-refractivity contribution in [1.29, 1.82) is 0 Å². The van der Waals surface area contributed by atoms with Crippen molar-refractivity contribution in [2.24, 2.45) is 0 Å². The fraction of sp³-hybridized carbons (Fsp3) is 0.424. The zero-order valence-electron chi connectivity index (χ0n) is 24.7. The van der Waals surface area contributed by atoms with Gasteiger partial charge in [-0.2, -0.15) is 0 Å². The molecule has 1 saturated carbocycles. The monoisotopic (exact) mass is 568 g/mol. The average Bonchev–Trinajstić information content (AvgIpc) is 3.63. The van der Waals surface area contributed by atoms with E-state index in [2.05, 4.69) is 51.1 Å². The third-order valence-electron chi connectivity index (χ3n) is 7.97. The number of benzene rings is 3. The molecule has 0 radical (unpaired) electrons. The molecule has 1 unspecified atom stereocenters. The SMILES string of the molecule is COCCOCCOc1cc(C)c(-c2cccc(COc3ccc4c(c3)OC3(CC3)C4CC(=O)[O-])c2C)c(C)c1.[Na+]. The molecule has 1 aliphatic heterocycles. The summed E-state index contributed by atoms with van der Waals surface area (Å²) in [7, 11) is 1.66. The predicted molar refractivity (Wildman–Crippen MR) is 150 cm³/mol. The number of rotatable bonds is 13. The van der Waals surface area contributed by atoms with Crippen molar-refractivity contribution >= 4 is 5.97 Å². The third-order valence-corrected chi connectivity index (χ3v) is 7.97. The van der Waals surface area contributed by atoms with E-state index in [0.29, 0.717) is 38.8 Å². The molecular weight excluding hydrogens is 531 g/mol. The van der Waals surface area contributed by atoms with Gasteiger partial charge in [0.25, 0.3) is 0 Å². The van der Waals surface area contributed by atoms with Crippen molar-refractivity contribution in [2.45, 2.75) is 58.2 Å². The molecule has 8 heteroatoms. The second kappa shape index (κ2) is 13.6. The van der Waals surface area contributed by atoms with Gasteiger partial charge in [-0.25, -0.2) is 0 Å². The van der Waals surface area contributed by atoms with Crippen LogP contribution in [0.4, 0.5) is 0 Å². The molecule has 41 heavy (non-hydrogen) atoms. The quantitative estimate of drug-likeness (QED) is 0.231. The van der Waals surface area contributed by atoms with E-state index in [1.165, 1.54) is 11.1 Å². The Morgan fingerprint density at radius 2 is 1.68 bits per heavy atom. The summed E-state index contributed by atoms with van der Waals surface area (Å²) in [5.41, 5.74) is 7.48. The second-order valence-electron chi connectivity index (χ2n) is 10.8. The number of fused-ring (bicyclic) bond motifs is 1. The van der Waals surface area contributed by atoms with E-state index in [1.54, 1.807) is 7.11 Å². The number of carbonyl (C=O) groups excluding carboxylic acids is 1. The maximum atomic E-state index is 11.3. The minimum atomic E-state index is -1.04. The summed E-state index contributed by atoms with van der Waals surface area (Å²) >= 11 is 0. The molecule has 1 spiro atoms. The van der Waals surface area contributed by atoms with Crippen LogP contribution in [0, 0.1) is 20.8 Å². The van der Waals surface area contributed by atoms with Crippen molar-refractivity contribution in [3.63, 3.8) is 0 Å². The van der Waals surface area contributed by atoms with E-state index in [-0.39, 0.29) is 47.5 Å². The fourth-order valence-electron chi connectivity index (χ4n) is 5.76.